The molecule has 2 aliphatic rings. The van der Waals surface area contributed by atoms with E-state index < -0.39 is 5.97 Å². The van der Waals surface area contributed by atoms with Crippen molar-refractivity contribution in [2.45, 2.75) is 32.3 Å². The van der Waals surface area contributed by atoms with Crippen LogP contribution in [-0.4, -0.2) is 35.1 Å². The van der Waals surface area contributed by atoms with E-state index in [0.717, 1.165) is 17.7 Å². The number of carbonyl (C=O) groups is 4. The Labute approximate surface area is 180 Å². The van der Waals surface area contributed by atoms with Crippen LogP contribution in [0.15, 0.2) is 54.6 Å². The summed E-state index contributed by atoms with van der Waals surface area (Å²) in [5.41, 5.74) is 1.89. The lowest BCUT2D eigenvalue weighted by atomic mass is 9.81. The van der Waals surface area contributed by atoms with Crippen LogP contribution >= 0.6 is 0 Å². The van der Waals surface area contributed by atoms with Gasteiger partial charge in [0.2, 0.25) is 11.8 Å². The van der Waals surface area contributed by atoms with E-state index in [2.05, 4.69) is 5.32 Å². The van der Waals surface area contributed by atoms with Gasteiger partial charge in [0.25, 0.3) is 5.91 Å². The molecule has 0 spiro atoms. The minimum Gasteiger partial charge on any atom is -0.459 e. The van der Waals surface area contributed by atoms with Crippen LogP contribution in [0.3, 0.4) is 0 Å². The number of benzene rings is 2. The van der Waals surface area contributed by atoms with Crippen molar-refractivity contribution >= 4 is 29.4 Å². The van der Waals surface area contributed by atoms with Gasteiger partial charge in [0.15, 0.2) is 0 Å². The molecule has 2 atom stereocenters. The Morgan fingerprint density at radius 3 is 2.13 bits per heavy atom. The fraction of sp³-hybridized carbons (Fsp3) is 0.333. The SMILES string of the molecule is O=C(CN1C(=O)[C@H]2CCCC[C@@H]2C1=O)OCc1ccc(C(=O)Nc2ccccc2)cc1. The van der Waals surface area contributed by atoms with Crippen LogP contribution in [0.5, 0.6) is 0 Å². The first-order valence-electron chi connectivity index (χ1n) is 10.5. The average Bonchev–Trinajstić information content (AvgIpc) is 3.04. The van der Waals surface area contributed by atoms with Gasteiger partial charge in [0.05, 0.1) is 11.8 Å². The van der Waals surface area contributed by atoms with Crippen molar-refractivity contribution in [1.82, 2.24) is 4.90 Å². The molecule has 1 saturated heterocycles. The van der Waals surface area contributed by atoms with Gasteiger partial charge in [-0.15, -0.1) is 0 Å². The number of rotatable bonds is 6. The van der Waals surface area contributed by atoms with Gasteiger partial charge in [-0.2, -0.15) is 0 Å². The Hall–Kier alpha value is -3.48. The van der Waals surface area contributed by atoms with E-state index in [1.54, 1.807) is 36.4 Å². The van der Waals surface area contributed by atoms with Crippen LogP contribution < -0.4 is 5.32 Å². The van der Waals surface area contributed by atoms with Crippen molar-refractivity contribution in [3.8, 4) is 0 Å². The molecule has 2 fully saturated rings. The Kier molecular flexibility index (Phi) is 6.11. The smallest absolute Gasteiger partial charge is 0.326 e. The largest absolute Gasteiger partial charge is 0.459 e. The molecule has 0 bridgehead atoms. The van der Waals surface area contributed by atoms with Crippen molar-refractivity contribution in [3.05, 3.63) is 65.7 Å². The van der Waals surface area contributed by atoms with Gasteiger partial charge < -0.3 is 10.1 Å². The first kappa shape index (κ1) is 20.8. The molecule has 7 heteroatoms. The molecular weight excluding hydrogens is 396 g/mol. The van der Waals surface area contributed by atoms with Crippen molar-refractivity contribution in [2.24, 2.45) is 11.8 Å². The molecule has 0 aromatic heterocycles. The molecule has 3 amide bonds. The Balaban J connectivity index is 1.28. The second-order valence-corrected chi connectivity index (χ2v) is 7.94. The van der Waals surface area contributed by atoms with Crippen LogP contribution in [0.1, 0.15) is 41.6 Å². The van der Waals surface area contributed by atoms with Gasteiger partial charge in [-0.1, -0.05) is 43.2 Å². The monoisotopic (exact) mass is 420 g/mol. The number of likely N-dealkylation sites (tertiary alicyclic amines) is 1. The highest BCUT2D eigenvalue weighted by Crippen LogP contribution is 2.37. The highest BCUT2D eigenvalue weighted by atomic mass is 16.5. The van der Waals surface area contributed by atoms with Crippen LogP contribution in [0.25, 0.3) is 0 Å². The lowest BCUT2D eigenvalue weighted by molar-refractivity contribution is -0.153. The molecule has 1 heterocycles. The van der Waals surface area contributed by atoms with Gasteiger partial charge in [-0.05, 0) is 42.7 Å². The van der Waals surface area contributed by atoms with E-state index in [1.807, 2.05) is 18.2 Å². The number of amides is 3. The topological polar surface area (TPSA) is 92.8 Å². The zero-order chi connectivity index (χ0) is 21.8. The van der Waals surface area contributed by atoms with Crippen LogP contribution in [0, 0.1) is 11.8 Å². The summed E-state index contributed by atoms with van der Waals surface area (Å²) < 4.78 is 5.25. The van der Waals surface area contributed by atoms with Gasteiger partial charge in [-0.25, -0.2) is 0 Å². The number of ether oxygens (including phenoxy) is 1. The zero-order valence-electron chi connectivity index (χ0n) is 17.1. The van der Waals surface area contributed by atoms with E-state index in [9.17, 15) is 19.2 Å². The fourth-order valence-electron chi connectivity index (χ4n) is 4.20. The number of imide groups is 1. The highest BCUT2D eigenvalue weighted by molar-refractivity contribution is 6.07. The second kappa shape index (κ2) is 9.12. The Bertz CT molecular complexity index is 963. The molecule has 1 N–H and O–H groups in total. The van der Waals surface area contributed by atoms with E-state index in [4.69, 9.17) is 4.74 Å². The Morgan fingerprint density at radius 1 is 0.903 bits per heavy atom. The number of nitrogens with zero attached hydrogens (tertiary/aromatic N) is 1. The second-order valence-electron chi connectivity index (χ2n) is 7.94. The summed E-state index contributed by atoms with van der Waals surface area (Å²) in [4.78, 5) is 50.5. The van der Waals surface area contributed by atoms with Gasteiger partial charge in [0.1, 0.15) is 13.2 Å². The average molecular weight is 420 g/mol. The molecule has 31 heavy (non-hydrogen) atoms. The van der Waals surface area contributed by atoms with Gasteiger partial charge in [-0.3, -0.25) is 24.1 Å². The molecule has 7 nitrogen and oxygen atoms in total. The summed E-state index contributed by atoms with van der Waals surface area (Å²) in [6, 6.07) is 15.9. The molecule has 4 rings (SSSR count). The molecule has 2 aromatic rings. The minimum absolute atomic E-state index is 0.00248. The summed E-state index contributed by atoms with van der Waals surface area (Å²) in [6.45, 7) is -0.343. The molecule has 1 aliphatic carbocycles. The third kappa shape index (κ3) is 4.66. The van der Waals surface area contributed by atoms with E-state index in [1.165, 1.54) is 0 Å². The maximum Gasteiger partial charge on any atom is 0.326 e. The van der Waals surface area contributed by atoms with Crippen molar-refractivity contribution in [2.75, 3.05) is 11.9 Å². The van der Waals surface area contributed by atoms with Crippen molar-refractivity contribution in [1.29, 1.82) is 0 Å². The minimum atomic E-state index is -0.619. The fourth-order valence-corrected chi connectivity index (χ4v) is 4.20. The van der Waals surface area contributed by atoms with E-state index in [-0.39, 0.29) is 42.7 Å². The molecule has 0 unspecified atom stereocenters. The lowest BCUT2D eigenvalue weighted by Crippen LogP contribution is -2.36. The van der Waals surface area contributed by atoms with Crippen LogP contribution in [0.2, 0.25) is 0 Å². The number of carbonyl (C=O) groups excluding carboxylic acids is 4. The third-order valence-corrected chi connectivity index (χ3v) is 5.87. The first-order valence-corrected chi connectivity index (χ1v) is 10.5. The molecule has 1 aliphatic heterocycles. The van der Waals surface area contributed by atoms with E-state index in [0.29, 0.717) is 29.7 Å². The maximum absolute atomic E-state index is 12.5. The van der Waals surface area contributed by atoms with Crippen molar-refractivity contribution in [3.63, 3.8) is 0 Å². The number of hydrogen-bond acceptors (Lipinski definition) is 5. The molecule has 1 saturated carbocycles. The molecule has 0 radical (unpaired) electrons. The highest BCUT2D eigenvalue weighted by Gasteiger charge is 2.48. The normalized spacial score (nSPS) is 20.3. The predicted molar refractivity (Wildman–Crippen MR) is 113 cm³/mol. The van der Waals surface area contributed by atoms with Gasteiger partial charge in [0, 0.05) is 11.3 Å². The summed E-state index contributed by atoms with van der Waals surface area (Å²) in [7, 11) is 0. The molecule has 160 valence electrons. The van der Waals surface area contributed by atoms with Gasteiger partial charge >= 0.3 is 5.97 Å². The lowest BCUT2D eigenvalue weighted by Gasteiger charge is -2.19. The first-order chi connectivity index (χ1) is 15.0. The van der Waals surface area contributed by atoms with E-state index >= 15 is 0 Å². The number of esters is 1. The number of para-hydroxylation sites is 1. The molecular formula is C24H24N2O5. The number of hydrogen-bond donors (Lipinski definition) is 1. The molecule has 2 aromatic carbocycles. The number of nitrogens with one attached hydrogen (secondary N) is 1. The standard InChI is InChI=1S/C24H24N2O5/c27-21(14-26-23(29)19-8-4-5-9-20(19)24(26)30)31-15-16-10-12-17(13-11-16)22(28)25-18-6-2-1-3-7-18/h1-3,6-7,10-13,19-20H,4-5,8-9,14-15H2,(H,25,28)/t19-,20-/m0/s1. The zero-order valence-corrected chi connectivity index (χ0v) is 17.1. The third-order valence-electron chi connectivity index (χ3n) is 5.87. The Morgan fingerprint density at radius 2 is 1.52 bits per heavy atom. The summed E-state index contributed by atoms with van der Waals surface area (Å²) in [6.07, 6.45) is 3.31. The summed E-state index contributed by atoms with van der Waals surface area (Å²) >= 11 is 0. The summed E-state index contributed by atoms with van der Waals surface area (Å²) in [5.74, 6) is -1.90. The summed E-state index contributed by atoms with van der Waals surface area (Å²) in [5, 5.41) is 2.80. The number of fused-ring (bicyclic) bond motifs is 1. The predicted octanol–water partition coefficient (Wildman–Crippen LogP) is 3.16. The number of anilines is 1. The van der Waals surface area contributed by atoms with Crippen molar-refractivity contribution < 1.29 is 23.9 Å². The quantitative estimate of drug-likeness (QED) is 0.572. The maximum atomic E-state index is 12.5. The van der Waals surface area contributed by atoms with Crippen LogP contribution in [0.4, 0.5) is 5.69 Å². The van der Waals surface area contributed by atoms with Crippen LogP contribution in [-0.2, 0) is 25.7 Å².